The van der Waals surface area contributed by atoms with Gasteiger partial charge in [0.05, 0.1) is 23.9 Å². The van der Waals surface area contributed by atoms with Crippen LogP contribution in [0.3, 0.4) is 0 Å². The summed E-state index contributed by atoms with van der Waals surface area (Å²) in [6.45, 7) is 5.04. The Bertz CT molecular complexity index is 476. The van der Waals surface area contributed by atoms with Crippen LogP contribution in [0.25, 0.3) is 0 Å². The zero-order valence-corrected chi connectivity index (χ0v) is 11.0. The lowest BCUT2D eigenvalue weighted by molar-refractivity contribution is -0.120. The monoisotopic (exact) mass is 250 g/mol. The largest absolute Gasteiger partial charge is 0.465 e. The maximum Gasteiger partial charge on any atom is 0.339 e. The first kappa shape index (κ1) is 14.2. The van der Waals surface area contributed by atoms with Crippen molar-refractivity contribution >= 4 is 17.6 Å². The molecule has 0 atom stereocenters. The van der Waals surface area contributed by atoms with Crippen molar-refractivity contribution in [2.75, 3.05) is 12.4 Å². The minimum atomic E-state index is -1.02. The number of carbonyl (C=O) groups is 2. The molecule has 0 saturated carbocycles. The fourth-order valence-corrected chi connectivity index (χ4v) is 1.33. The summed E-state index contributed by atoms with van der Waals surface area (Å²) < 4.78 is 4.68. The van der Waals surface area contributed by atoms with Crippen molar-refractivity contribution in [3.05, 3.63) is 29.3 Å². The molecule has 0 saturated heterocycles. The van der Waals surface area contributed by atoms with Gasteiger partial charge in [-0.2, -0.15) is 0 Å². The van der Waals surface area contributed by atoms with Gasteiger partial charge in [0.2, 0.25) is 5.91 Å². The molecule has 0 aliphatic rings. The summed E-state index contributed by atoms with van der Waals surface area (Å²) >= 11 is 0. The molecular weight excluding hydrogens is 232 g/mol. The fourth-order valence-electron chi connectivity index (χ4n) is 1.33. The Labute approximate surface area is 106 Å². The summed E-state index contributed by atoms with van der Waals surface area (Å²) in [5, 5.41) is 2.63. The van der Waals surface area contributed by atoms with Gasteiger partial charge >= 0.3 is 5.97 Å². The van der Waals surface area contributed by atoms with E-state index >= 15 is 0 Å². The van der Waals surface area contributed by atoms with Crippen molar-refractivity contribution in [3.8, 4) is 0 Å². The van der Waals surface area contributed by atoms with Crippen molar-refractivity contribution in [2.45, 2.75) is 26.3 Å². The van der Waals surface area contributed by atoms with Gasteiger partial charge in [0, 0.05) is 0 Å². The number of rotatable bonds is 3. The molecule has 0 aromatic heterocycles. The number of ether oxygens (including phenoxy) is 1. The van der Waals surface area contributed by atoms with E-state index < -0.39 is 11.5 Å². The Morgan fingerprint density at radius 2 is 1.94 bits per heavy atom. The van der Waals surface area contributed by atoms with Gasteiger partial charge in [-0.15, -0.1) is 0 Å². The number of methoxy groups -OCH3 is 1. The van der Waals surface area contributed by atoms with E-state index in [1.165, 1.54) is 7.11 Å². The Morgan fingerprint density at radius 1 is 1.33 bits per heavy atom. The molecule has 98 valence electrons. The van der Waals surface area contributed by atoms with E-state index in [2.05, 4.69) is 10.1 Å². The molecule has 0 heterocycles. The minimum Gasteiger partial charge on any atom is -0.465 e. The summed E-state index contributed by atoms with van der Waals surface area (Å²) in [7, 11) is 1.29. The van der Waals surface area contributed by atoms with Crippen LogP contribution in [0, 0.1) is 6.92 Å². The van der Waals surface area contributed by atoms with Gasteiger partial charge in [0.1, 0.15) is 0 Å². The number of esters is 1. The third-order valence-corrected chi connectivity index (χ3v) is 2.41. The first-order valence-electron chi connectivity index (χ1n) is 5.55. The standard InChI is InChI=1S/C13H18N2O3/c1-8-5-6-10(9(7-8)11(16)18-4)15-12(17)13(2,3)14/h5-7H,14H2,1-4H3,(H,15,17). The second kappa shape index (κ2) is 5.18. The maximum absolute atomic E-state index is 11.8. The molecule has 0 unspecified atom stereocenters. The molecule has 1 rings (SSSR count). The number of nitrogens with two attached hydrogens (primary N) is 1. The van der Waals surface area contributed by atoms with Gasteiger partial charge in [0.15, 0.2) is 0 Å². The topological polar surface area (TPSA) is 81.4 Å². The first-order valence-corrected chi connectivity index (χ1v) is 5.55. The zero-order chi connectivity index (χ0) is 13.9. The summed E-state index contributed by atoms with van der Waals surface area (Å²) in [5.41, 5.74) is 6.29. The van der Waals surface area contributed by atoms with Crippen LogP contribution in [-0.4, -0.2) is 24.5 Å². The molecule has 3 N–H and O–H groups in total. The van der Waals surface area contributed by atoms with Crippen LogP contribution >= 0.6 is 0 Å². The van der Waals surface area contributed by atoms with E-state index in [1.54, 1.807) is 32.0 Å². The lowest BCUT2D eigenvalue weighted by Gasteiger charge is -2.19. The number of anilines is 1. The zero-order valence-electron chi connectivity index (χ0n) is 11.0. The number of aryl methyl sites for hydroxylation is 1. The van der Waals surface area contributed by atoms with Gasteiger partial charge in [-0.25, -0.2) is 4.79 Å². The molecule has 5 nitrogen and oxygen atoms in total. The highest BCUT2D eigenvalue weighted by molar-refractivity contribution is 6.03. The van der Waals surface area contributed by atoms with Crippen molar-refractivity contribution in [1.82, 2.24) is 0 Å². The van der Waals surface area contributed by atoms with Crippen molar-refractivity contribution in [2.24, 2.45) is 5.73 Å². The molecule has 5 heteroatoms. The van der Waals surface area contributed by atoms with Gasteiger partial charge in [-0.3, -0.25) is 4.79 Å². The Balaban J connectivity index is 3.09. The van der Waals surface area contributed by atoms with Gasteiger partial charge in [-0.1, -0.05) is 11.6 Å². The Morgan fingerprint density at radius 3 is 2.44 bits per heavy atom. The second-order valence-electron chi connectivity index (χ2n) is 4.72. The van der Waals surface area contributed by atoms with E-state index in [1.807, 2.05) is 6.92 Å². The van der Waals surface area contributed by atoms with Crippen molar-refractivity contribution < 1.29 is 14.3 Å². The maximum atomic E-state index is 11.8. The van der Waals surface area contributed by atoms with E-state index in [0.717, 1.165) is 5.56 Å². The van der Waals surface area contributed by atoms with E-state index in [-0.39, 0.29) is 5.91 Å². The molecular formula is C13H18N2O3. The lowest BCUT2D eigenvalue weighted by Crippen LogP contribution is -2.45. The molecule has 0 aliphatic heterocycles. The number of nitrogens with one attached hydrogen (secondary N) is 1. The number of carbonyl (C=O) groups excluding carboxylic acids is 2. The summed E-state index contributed by atoms with van der Waals surface area (Å²) in [4.78, 5) is 23.4. The third kappa shape index (κ3) is 3.30. The Hall–Kier alpha value is -1.88. The van der Waals surface area contributed by atoms with Crippen LogP contribution in [0.15, 0.2) is 18.2 Å². The number of hydrogen-bond donors (Lipinski definition) is 2. The van der Waals surface area contributed by atoms with Crippen LogP contribution in [0.1, 0.15) is 29.8 Å². The van der Waals surface area contributed by atoms with E-state index in [9.17, 15) is 9.59 Å². The highest BCUT2D eigenvalue weighted by Crippen LogP contribution is 2.19. The smallest absolute Gasteiger partial charge is 0.339 e. The summed E-state index contributed by atoms with van der Waals surface area (Å²) in [6.07, 6.45) is 0. The Kier molecular flexibility index (Phi) is 4.08. The van der Waals surface area contributed by atoms with Gasteiger partial charge in [-0.05, 0) is 32.9 Å². The molecule has 0 fully saturated rings. The average Bonchev–Trinajstić information content (AvgIpc) is 2.29. The highest BCUT2D eigenvalue weighted by Gasteiger charge is 2.23. The molecule has 0 bridgehead atoms. The molecule has 18 heavy (non-hydrogen) atoms. The van der Waals surface area contributed by atoms with Crippen LogP contribution < -0.4 is 11.1 Å². The van der Waals surface area contributed by atoms with Crippen molar-refractivity contribution in [3.63, 3.8) is 0 Å². The third-order valence-electron chi connectivity index (χ3n) is 2.41. The second-order valence-corrected chi connectivity index (χ2v) is 4.72. The van der Waals surface area contributed by atoms with Crippen molar-refractivity contribution in [1.29, 1.82) is 0 Å². The molecule has 0 radical (unpaired) electrons. The van der Waals surface area contributed by atoms with Crippen LogP contribution in [0.4, 0.5) is 5.69 Å². The van der Waals surface area contributed by atoms with E-state index in [0.29, 0.717) is 11.3 Å². The highest BCUT2D eigenvalue weighted by atomic mass is 16.5. The SMILES string of the molecule is COC(=O)c1cc(C)ccc1NC(=O)C(C)(C)N. The number of hydrogen-bond acceptors (Lipinski definition) is 4. The summed E-state index contributed by atoms with van der Waals surface area (Å²) in [5.74, 6) is -0.861. The van der Waals surface area contributed by atoms with Gasteiger partial charge in [0.25, 0.3) is 0 Å². The quantitative estimate of drug-likeness (QED) is 0.796. The predicted molar refractivity (Wildman–Crippen MR) is 69.4 cm³/mol. The van der Waals surface area contributed by atoms with Crippen LogP contribution in [0.2, 0.25) is 0 Å². The molecule has 0 aliphatic carbocycles. The number of benzene rings is 1. The minimum absolute atomic E-state index is 0.315. The lowest BCUT2D eigenvalue weighted by atomic mass is 10.0. The molecule has 0 spiro atoms. The summed E-state index contributed by atoms with van der Waals surface area (Å²) in [6, 6.07) is 5.11. The van der Waals surface area contributed by atoms with Crippen LogP contribution in [-0.2, 0) is 9.53 Å². The van der Waals surface area contributed by atoms with Gasteiger partial charge < -0.3 is 15.8 Å². The van der Waals surface area contributed by atoms with Crippen LogP contribution in [0.5, 0.6) is 0 Å². The fraction of sp³-hybridized carbons (Fsp3) is 0.385. The first-order chi connectivity index (χ1) is 8.25. The number of amides is 1. The normalized spacial score (nSPS) is 10.9. The molecule has 1 aromatic rings. The molecule has 1 aromatic carbocycles. The predicted octanol–water partition coefficient (Wildman–Crippen LogP) is 1.46. The van der Waals surface area contributed by atoms with E-state index in [4.69, 9.17) is 5.73 Å². The molecule has 1 amide bonds. The average molecular weight is 250 g/mol.